The van der Waals surface area contributed by atoms with E-state index in [1.54, 1.807) is 31.4 Å². The summed E-state index contributed by atoms with van der Waals surface area (Å²) < 4.78 is 63.3. The van der Waals surface area contributed by atoms with E-state index in [0.717, 1.165) is 23.6 Å². The zero-order chi connectivity index (χ0) is 23.7. The normalized spacial score (nSPS) is 10.4. The van der Waals surface area contributed by atoms with Crippen LogP contribution in [0.1, 0.15) is 10.4 Å². The van der Waals surface area contributed by atoms with Crippen LogP contribution < -0.4 is 25.3 Å². The number of alkyl halides is 3. The Hall–Kier alpha value is -3.95. The lowest BCUT2D eigenvalue weighted by molar-refractivity contribution is -0.275. The average Bonchev–Trinajstić information content (AvgIpc) is 2.75. The van der Waals surface area contributed by atoms with Crippen molar-refractivity contribution in [1.82, 2.24) is 0 Å². The van der Waals surface area contributed by atoms with Crippen LogP contribution in [0.15, 0.2) is 66.7 Å². The third-order valence-electron chi connectivity index (χ3n) is 3.84. The molecule has 0 bridgehead atoms. The highest BCUT2D eigenvalue weighted by atomic mass is 19.4. The van der Waals surface area contributed by atoms with Crippen molar-refractivity contribution in [2.75, 3.05) is 25.3 Å². The van der Waals surface area contributed by atoms with Gasteiger partial charge in [-0.15, -0.1) is 13.2 Å². The van der Waals surface area contributed by atoms with E-state index in [1.807, 2.05) is 18.2 Å². The van der Waals surface area contributed by atoms with E-state index in [9.17, 15) is 22.4 Å². The van der Waals surface area contributed by atoms with Crippen molar-refractivity contribution in [2.45, 2.75) is 6.36 Å². The van der Waals surface area contributed by atoms with Crippen LogP contribution in [0.25, 0.3) is 0 Å². The molecule has 0 fully saturated rings. The Kier molecular flexibility index (Phi) is 8.28. The highest BCUT2D eigenvalue weighted by molar-refractivity contribution is 6.04. The number of benzene rings is 3. The maximum Gasteiger partial charge on any atom is 0.573 e. The van der Waals surface area contributed by atoms with Crippen LogP contribution in [0, 0.1) is 5.82 Å². The van der Waals surface area contributed by atoms with Gasteiger partial charge in [0.05, 0.1) is 14.2 Å². The van der Waals surface area contributed by atoms with Crippen LogP contribution >= 0.6 is 0 Å². The zero-order valence-corrected chi connectivity index (χ0v) is 17.1. The first kappa shape index (κ1) is 24.3. The Balaban J connectivity index is 0.000000336. The van der Waals surface area contributed by atoms with Crippen molar-refractivity contribution in [1.29, 1.82) is 0 Å². The van der Waals surface area contributed by atoms with Gasteiger partial charge < -0.3 is 25.3 Å². The fourth-order valence-electron chi connectivity index (χ4n) is 2.39. The molecule has 0 radical (unpaired) electrons. The second-order valence-corrected chi connectivity index (χ2v) is 6.16. The molecule has 3 N–H and O–H groups in total. The van der Waals surface area contributed by atoms with E-state index in [1.165, 1.54) is 13.2 Å². The van der Waals surface area contributed by atoms with Crippen LogP contribution in [-0.2, 0) is 0 Å². The number of nitrogens with one attached hydrogen (secondary N) is 1. The quantitative estimate of drug-likeness (QED) is 0.408. The van der Waals surface area contributed by atoms with Gasteiger partial charge in [-0.2, -0.15) is 0 Å². The highest BCUT2D eigenvalue weighted by Gasteiger charge is 2.32. The van der Waals surface area contributed by atoms with Gasteiger partial charge in [-0.3, -0.25) is 4.79 Å². The molecule has 0 saturated heterocycles. The first-order chi connectivity index (χ1) is 15.1. The molecule has 3 aromatic rings. The lowest BCUT2D eigenvalue weighted by Crippen LogP contribution is -2.19. The van der Waals surface area contributed by atoms with Crippen LogP contribution in [0.2, 0.25) is 0 Å². The van der Waals surface area contributed by atoms with Crippen molar-refractivity contribution in [3.05, 3.63) is 78.1 Å². The maximum absolute atomic E-state index is 13.3. The molecule has 0 spiro atoms. The van der Waals surface area contributed by atoms with Crippen LogP contribution in [0.5, 0.6) is 17.2 Å². The fraction of sp³-hybridized carbons (Fsp3) is 0.136. The summed E-state index contributed by atoms with van der Waals surface area (Å²) in [5.74, 6) is -1.72. The van der Waals surface area contributed by atoms with Gasteiger partial charge in [0.1, 0.15) is 11.5 Å². The van der Waals surface area contributed by atoms with E-state index < -0.39 is 23.8 Å². The predicted molar refractivity (Wildman–Crippen MR) is 111 cm³/mol. The molecule has 170 valence electrons. The lowest BCUT2D eigenvalue weighted by Gasteiger charge is -2.11. The van der Waals surface area contributed by atoms with E-state index in [0.29, 0.717) is 17.5 Å². The molecule has 1 amide bonds. The molecular weight excluding hydrogens is 432 g/mol. The molecule has 10 heteroatoms. The topological polar surface area (TPSA) is 82.8 Å². The summed E-state index contributed by atoms with van der Waals surface area (Å²) in [6.07, 6.45) is -5.05. The van der Waals surface area contributed by atoms with Gasteiger partial charge in [0.2, 0.25) is 0 Å². The Bertz CT molecular complexity index is 1060. The standard InChI is InChI=1S/C15H11F4NO3.C7H9NO/c1-22-11-4-2-3-10(8-11)20-14(21)9-5-6-12(16)13(7-9)23-15(17,18)19;1-9-7-4-2-3-6(8)5-7/h2-8H,1H3,(H,20,21);2-5H,8H2,1H3. The monoisotopic (exact) mass is 452 g/mol. The Morgan fingerprint density at radius 2 is 1.53 bits per heavy atom. The molecule has 0 atom stereocenters. The number of amides is 1. The van der Waals surface area contributed by atoms with Crippen LogP contribution in [-0.4, -0.2) is 26.5 Å². The van der Waals surface area contributed by atoms with Crippen molar-refractivity contribution in [3.63, 3.8) is 0 Å². The number of hydrogen-bond donors (Lipinski definition) is 2. The molecule has 3 rings (SSSR count). The van der Waals surface area contributed by atoms with Gasteiger partial charge in [0.15, 0.2) is 11.6 Å². The molecule has 0 aliphatic rings. The van der Waals surface area contributed by atoms with Gasteiger partial charge in [0.25, 0.3) is 5.91 Å². The summed E-state index contributed by atoms with van der Waals surface area (Å²) in [6.45, 7) is 0. The number of methoxy groups -OCH3 is 2. The van der Waals surface area contributed by atoms with Crippen LogP contribution in [0.4, 0.5) is 28.9 Å². The molecular formula is C22H20F4N2O4. The number of nitrogen functional groups attached to an aromatic ring is 1. The number of ether oxygens (including phenoxy) is 3. The third-order valence-corrected chi connectivity index (χ3v) is 3.84. The molecule has 0 unspecified atom stereocenters. The second kappa shape index (κ2) is 10.9. The van der Waals surface area contributed by atoms with Crippen LogP contribution in [0.3, 0.4) is 0 Å². The number of hydrogen-bond acceptors (Lipinski definition) is 5. The van der Waals surface area contributed by atoms with Crippen molar-refractivity contribution in [3.8, 4) is 17.2 Å². The van der Waals surface area contributed by atoms with Crippen molar-refractivity contribution < 1.29 is 36.6 Å². The average molecular weight is 452 g/mol. The Morgan fingerprint density at radius 3 is 2.09 bits per heavy atom. The Labute approximate surface area is 181 Å². The Morgan fingerprint density at radius 1 is 0.906 bits per heavy atom. The minimum absolute atomic E-state index is 0.187. The minimum atomic E-state index is -5.05. The third kappa shape index (κ3) is 7.71. The van der Waals surface area contributed by atoms with E-state index >= 15 is 0 Å². The number of carbonyl (C=O) groups is 1. The van der Waals surface area contributed by atoms with Crippen molar-refractivity contribution in [2.24, 2.45) is 0 Å². The van der Waals surface area contributed by atoms with Gasteiger partial charge in [-0.1, -0.05) is 12.1 Å². The van der Waals surface area contributed by atoms with Gasteiger partial charge in [-0.05, 0) is 42.5 Å². The van der Waals surface area contributed by atoms with Gasteiger partial charge >= 0.3 is 6.36 Å². The van der Waals surface area contributed by atoms with Gasteiger partial charge in [0, 0.05) is 29.1 Å². The highest BCUT2D eigenvalue weighted by Crippen LogP contribution is 2.27. The summed E-state index contributed by atoms with van der Waals surface area (Å²) in [7, 11) is 3.07. The molecule has 0 aliphatic carbocycles. The molecule has 0 aliphatic heterocycles. The number of nitrogens with two attached hydrogens (primary N) is 1. The molecule has 0 heterocycles. The summed E-state index contributed by atoms with van der Waals surface area (Å²) >= 11 is 0. The largest absolute Gasteiger partial charge is 0.573 e. The summed E-state index contributed by atoms with van der Waals surface area (Å²) in [5, 5.41) is 2.46. The predicted octanol–water partition coefficient (Wildman–Crippen LogP) is 5.26. The lowest BCUT2D eigenvalue weighted by atomic mass is 10.2. The molecule has 0 saturated carbocycles. The second-order valence-electron chi connectivity index (χ2n) is 6.16. The van der Waals surface area contributed by atoms with Crippen molar-refractivity contribution >= 4 is 17.3 Å². The molecule has 3 aromatic carbocycles. The molecule has 6 nitrogen and oxygen atoms in total. The number of halogens is 4. The smallest absolute Gasteiger partial charge is 0.497 e. The fourth-order valence-corrected chi connectivity index (χ4v) is 2.39. The number of carbonyl (C=O) groups excluding carboxylic acids is 1. The number of anilines is 2. The number of rotatable bonds is 5. The minimum Gasteiger partial charge on any atom is -0.497 e. The maximum atomic E-state index is 13.3. The van der Waals surface area contributed by atoms with E-state index in [2.05, 4.69) is 10.1 Å². The summed E-state index contributed by atoms with van der Waals surface area (Å²) in [4.78, 5) is 12.0. The molecule has 32 heavy (non-hydrogen) atoms. The van der Waals surface area contributed by atoms with Gasteiger partial charge in [-0.25, -0.2) is 4.39 Å². The molecule has 0 aromatic heterocycles. The zero-order valence-electron chi connectivity index (χ0n) is 17.1. The first-order valence-corrected chi connectivity index (χ1v) is 9.01. The SMILES string of the molecule is COc1cccc(N)c1.COc1cccc(NC(=O)c2ccc(F)c(OC(F)(F)F)c2)c1. The summed E-state index contributed by atoms with van der Waals surface area (Å²) in [5.41, 5.74) is 6.37. The van der Waals surface area contributed by atoms with E-state index in [4.69, 9.17) is 15.2 Å². The summed E-state index contributed by atoms with van der Waals surface area (Å²) in [6, 6.07) is 16.1. The van der Waals surface area contributed by atoms with E-state index in [-0.39, 0.29) is 5.56 Å². The first-order valence-electron chi connectivity index (χ1n) is 9.01.